The van der Waals surface area contributed by atoms with E-state index in [2.05, 4.69) is 5.32 Å². The Hall–Kier alpha value is -2.39. The molecule has 0 aromatic heterocycles. The predicted octanol–water partition coefficient (Wildman–Crippen LogP) is 2.58. The zero-order chi connectivity index (χ0) is 20.0. The molecule has 0 heterocycles. The van der Waals surface area contributed by atoms with Crippen LogP contribution in [0.25, 0.3) is 0 Å². The lowest BCUT2D eigenvalue weighted by molar-refractivity contribution is -0.119. The highest BCUT2D eigenvalue weighted by molar-refractivity contribution is 7.92. The molecule has 10 heteroatoms. The minimum absolute atomic E-state index is 0.0967. The number of ether oxygens (including phenoxy) is 1. The highest BCUT2D eigenvalue weighted by Crippen LogP contribution is 2.23. The Morgan fingerprint density at radius 3 is 2.52 bits per heavy atom. The lowest BCUT2D eigenvalue weighted by Gasteiger charge is -2.22. The van der Waals surface area contributed by atoms with Gasteiger partial charge in [0.2, 0.25) is 15.9 Å². The molecule has 2 aromatic carbocycles. The molecule has 6 nitrogen and oxygen atoms in total. The lowest BCUT2D eigenvalue weighted by atomic mass is 10.3. The Balaban J connectivity index is 1.94. The zero-order valence-electron chi connectivity index (χ0n) is 14.3. The third kappa shape index (κ3) is 6.07. The molecule has 1 N–H and O–H groups in total. The summed E-state index contributed by atoms with van der Waals surface area (Å²) in [6.07, 6.45) is 0.863. The van der Waals surface area contributed by atoms with Gasteiger partial charge in [0.1, 0.15) is 18.9 Å². The number of nitrogens with zero attached hydrogens (tertiary/aromatic N) is 1. The van der Waals surface area contributed by atoms with E-state index in [1.54, 1.807) is 24.3 Å². The molecule has 0 fully saturated rings. The molecule has 0 saturated heterocycles. The van der Waals surface area contributed by atoms with Gasteiger partial charge in [-0.2, -0.15) is 0 Å². The highest BCUT2D eigenvalue weighted by atomic mass is 35.5. The second kappa shape index (κ2) is 9.01. The molecule has 0 aliphatic heterocycles. The van der Waals surface area contributed by atoms with E-state index in [1.807, 2.05) is 0 Å². The van der Waals surface area contributed by atoms with Gasteiger partial charge < -0.3 is 10.1 Å². The van der Waals surface area contributed by atoms with Crippen LogP contribution < -0.4 is 14.4 Å². The van der Waals surface area contributed by atoms with Gasteiger partial charge in [0.25, 0.3) is 0 Å². The third-order valence-corrected chi connectivity index (χ3v) is 4.85. The smallest absolute Gasteiger partial charge is 0.240 e. The Bertz CT molecular complexity index is 925. The van der Waals surface area contributed by atoms with Crippen LogP contribution in [0, 0.1) is 11.6 Å². The van der Waals surface area contributed by atoms with Crippen molar-refractivity contribution in [2.75, 3.05) is 30.3 Å². The van der Waals surface area contributed by atoms with Crippen LogP contribution in [0.4, 0.5) is 14.5 Å². The number of anilines is 1. The Morgan fingerprint density at radius 2 is 1.89 bits per heavy atom. The van der Waals surface area contributed by atoms with Crippen LogP contribution in [0.2, 0.25) is 5.02 Å². The van der Waals surface area contributed by atoms with Crippen molar-refractivity contribution in [3.8, 4) is 5.75 Å². The van der Waals surface area contributed by atoms with Gasteiger partial charge in [-0.15, -0.1) is 0 Å². The third-order valence-electron chi connectivity index (χ3n) is 3.40. The van der Waals surface area contributed by atoms with E-state index in [9.17, 15) is 22.0 Å². The van der Waals surface area contributed by atoms with Crippen LogP contribution in [0.15, 0.2) is 42.5 Å². The van der Waals surface area contributed by atoms with E-state index in [0.29, 0.717) is 21.1 Å². The first kappa shape index (κ1) is 20.9. The van der Waals surface area contributed by atoms with Crippen LogP contribution in [0.3, 0.4) is 0 Å². The first-order valence-electron chi connectivity index (χ1n) is 7.75. The molecule has 146 valence electrons. The highest BCUT2D eigenvalue weighted by Gasteiger charge is 2.22. The maximum Gasteiger partial charge on any atom is 0.240 e. The van der Waals surface area contributed by atoms with Crippen molar-refractivity contribution in [2.24, 2.45) is 0 Å². The summed E-state index contributed by atoms with van der Waals surface area (Å²) in [6.45, 7) is -0.380. The monoisotopic (exact) mass is 418 g/mol. The molecule has 0 unspecified atom stereocenters. The molecule has 2 rings (SSSR count). The standard InChI is InChI=1S/C17H17ClF2N2O4S/c1-27(24,25)22(12-6-7-14(19)15(20)10-12)11-17(23)21-8-9-26-16-5-3-2-4-13(16)18/h2-7,10H,8-9,11H2,1H3,(H,21,23). The summed E-state index contributed by atoms with van der Waals surface area (Å²) in [5.74, 6) is -2.51. The van der Waals surface area contributed by atoms with E-state index in [4.69, 9.17) is 16.3 Å². The second-order valence-corrected chi connectivity index (χ2v) is 7.81. The molecule has 0 aliphatic rings. The summed E-state index contributed by atoms with van der Waals surface area (Å²) in [5.41, 5.74) is -0.154. The van der Waals surface area contributed by atoms with Crippen LogP contribution in [-0.2, 0) is 14.8 Å². The number of rotatable bonds is 8. The van der Waals surface area contributed by atoms with Crippen LogP contribution in [0.5, 0.6) is 5.75 Å². The maximum absolute atomic E-state index is 13.4. The number of hydrogen-bond donors (Lipinski definition) is 1. The van der Waals surface area contributed by atoms with Gasteiger partial charge in [-0.25, -0.2) is 17.2 Å². The molecule has 0 saturated carbocycles. The summed E-state index contributed by atoms with van der Waals surface area (Å²) in [4.78, 5) is 12.0. The van der Waals surface area contributed by atoms with Crippen molar-refractivity contribution in [2.45, 2.75) is 0 Å². The molecule has 0 bridgehead atoms. The molecule has 0 atom stereocenters. The molecule has 0 spiro atoms. The number of carbonyl (C=O) groups is 1. The number of nitrogens with one attached hydrogen (secondary N) is 1. The van der Waals surface area contributed by atoms with Gasteiger partial charge in [-0.3, -0.25) is 9.10 Å². The van der Waals surface area contributed by atoms with Crippen LogP contribution >= 0.6 is 11.6 Å². The molecule has 0 radical (unpaired) electrons. The van der Waals surface area contributed by atoms with E-state index in [1.165, 1.54) is 0 Å². The molecule has 2 aromatic rings. The van der Waals surface area contributed by atoms with E-state index in [0.717, 1.165) is 18.4 Å². The fourth-order valence-electron chi connectivity index (χ4n) is 2.14. The zero-order valence-corrected chi connectivity index (χ0v) is 15.9. The van der Waals surface area contributed by atoms with E-state index in [-0.39, 0.29) is 18.8 Å². The summed E-state index contributed by atoms with van der Waals surface area (Å²) in [6, 6.07) is 9.39. The van der Waals surface area contributed by atoms with Gasteiger partial charge in [0.05, 0.1) is 23.5 Å². The van der Waals surface area contributed by atoms with Crippen LogP contribution in [0.1, 0.15) is 0 Å². The first-order valence-corrected chi connectivity index (χ1v) is 9.98. The van der Waals surface area contributed by atoms with Crippen molar-refractivity contribution in [1.82, 2.24) is 5.32 Å². The van der Waals surface area contributed by atoms with Crippen molar-refractivity contribution < 1.29 is 26.7 Å². The van der Waals surface area contributed by atoms with Gasteiger partial charge >= 0.3 is 0 Å². The van der Waals surface area contributed by atoms with Gasteiger partial charge in [0.15, 0.2) is 11.6 Å². The summed E-state index contributed by atoms with van der Waals surface area (Å²) < 4.78 is 56.3. The van der Waals surface area contributed by atoms with Crippen molar-refractivity contribution >= 4 is 33.2 Å². The van der Waals surface area contributed by atoms with Gasteiger partial charge in [-0.1, -0.05) is 23.7 Å². The number of halogens is 3. The Labute approximate surface area is 160 Å². The number of para-hydroxylation sites is 1. The average Bonchev–Trinajstić information content (AvgIpc) is 2.59. The number of amides is 1. The number of sulfonamides is 1. The van der Waals surface area contributed by atoms with Crippen molar-refractivity contribution in [3.63, 3.8) is 0 Å². The summed E-state index contributed by atoms with van der Waals surface area (Å²) in [5, 5.41) is 2.91. The van der Waals surface area contributed by atoms with E-state index < -0.39 is 34.1 Å². The molecule has 27 heavy (non-hydrogen) atoms. The minimum Gasteiger partial charge on any atom is -0.490 e. The van der Waals surface area contributed by atoms with E-state index >= 15 is 0 Å². The van der Waals surface area contributed by atoms with Crippen LogP contribution in [-0.4, -0.2) is 40.3 Å². The molecular weight excluding hydrogens is 402 g/mol. The lowest BCUT2D eigenvalue weighted by Crippen LogP contribution is -2.41. The molecular formula is C17H17ClF2N2O4S. The molecule has 1 amide bonds. The first-order chi connectivity index (χ1) is 12.7. The molecule has 0 aliphatic carbocycles. The topological polar surface area (TPSA) is 75.7 Å². The Morgan fingerprint density at radius 1 is 1.19 bits per heavy atom. The normalized spacial score (nSPS) is 11.1. The number of hydrogen-bond acceptors (Lipinski definition) is 4. The van der Waals surface area contributed by atoms with Crippen molar-refractivity contribution in [3.05, 3.63) is 59.1 Å². The number of carbonyl (C=O) groups excluding carboxylic acids is 1. The fourth-order valence-corrected chi connectivity index (χ4v) is 3.18. The fraction of sp³-hybridized carbons (Fsp3) is 0.235. The maximum atomic E-state index is 13.4. The van der Waals surface area contributed by atoms with Gasteiger partial charge in [0, 0.05) is 6.07 Å². The largest absolute Gasteiger partial charge is 0.490 e. The quantitative estimate of drug-likeness (QED) is 0.668. The minimum atomic E-state index is -3.89. The summed E-state index contributed by atoms with van der Waals surface area (Å²) >= 11 is 5.93. The average molecular weight is 419 g/mol. The van der Waals surface area contributed by atoms with Crippen molar-refractivity contribution in [1.29, 1.82) is 0 Å². The second-order valence-electron chi connectivity index (χ2n) is 5.50. The Kier molecular flexibility index (Phi) is 6.98. The SMILES string of the molecule is CS(=O)(=O)N(CC(=O)NCCOc1ccccc1Cl)c1ccc(F)c(F)c1. The van der Waals surface area contributed by atoms with Gasteiger partial charge in [-0.05, 0) is 24.3 Å². The number of benzene rings is 2. The summed E-state index contributed by atoms with van der Waals surface area (Å²) in [7, 11) is -3.89. The predicted molar refractivity (Wildman–Crippen MR) is 98.5 cm³/mol.